The van der Waals surface area contributed by atoms with E-state index in [1.807, 2.05) is 0 Å². The summed E-state index contributed by atoms with van der Waals surface area (Å²) in [5.41, 5.74) is -1.64. The number of hydrogen-bond donors (Lipinski definition) is 2. The zero-order chi connectivity index (χ0) is 17.9. The minimum Gasteiger partial charge on any atom is -0.495 e. The molecule has 24 heavy (non-hydrogen) atoms. The van der Waals surface area contributed by atoms with Crippen LogP contribution in [0.3, 0.4) is 0 Å². The molecule has 0 unspecified atom stereocenters. The lowest BCUT2D eigenvalue weighted by Crippen LogP contribution is -2.19. The average Bonchev–Trinajstić information content (AvgIpc) is 2.54. The molecule has 0 aliphatic carbocycles. The van der Waals surface area contributed by atoms with Gasteiger partial charge in [-0.1, -0.05) is 12.1 Å². The molecule has 2 aromatic carbocycles. The second kappa shape index (κ2) is 6.61. The number of alkyl halides is 3. The monoisotopic (exact) mass is 339 g/mol. The maximum absolute atomic E-state index is 13.0. The van der Waals surface area contributed by atoms with Gasteiger partial charge < -0.3 is 15.2 Å². The molecule has 2 rings (SSSR count). The first kappa shape index (κ1) is 17.3. The standard InChI is InChI=1S/C16H12F3NO4/c1-24-13-8-9(15(22)23)6-7-12(13)20-14(21)10-4-2-3-5-11(10)16(17,18)19/h2-8H,1H3,(H,20,21)(H,22,23). The van der Waals surface area contributed by atoms with Crippen LogP contribution >= 0.6 is 0 Å². The normalized spacial score (nSPS) is 11.0. The summed E-state index contributed by atoms with van der Waals surface area (Å²) in [6, 6.07) is 7.97. The summed E-state index contributed by atoms with van der Waals surface area (Å²) in [6.07, 6.45) is -4.68. The fourth-order valence-electron chi connectivity index (χ4n) is 2.05. The van der Waals surface area contributed by atoms with Gasteiger partial charge in [0.15, 0.2) is 0 Å². The number of carbonyl (C=O) groups excluding carboxylic acids is 1. The number of carboxylic acids is 1. The molecule has 5 nitrogen and oxygen atoms in total. The van der Waals surface area contributed by atoms with Gasteiger partial charge in [-0.3, -0.25) is 4.79 Å². The van der Waals surface area contributed by atoms with Gasteiger partial charge in [0, 0.05) is 0 Å². The number of nitrogens with one attached hydrogen (secondary N) is 1. The molecule has 1 amide bonds. The molecule has 2 N–H and O–H groups in total. The van der Waals surface area contributed by atoms with E-state index in [0.717, 1.165) is 18.2 Å². The Kier molecular flexibility index (Phi) is 4.77. The molecule has 126 valence electrons. The molecule has 0 heterocycles. The topological polar surface area (TPSA) is 75.6 Å². The third-order valence-electron chi connectivity index (χ3n) is 3.17. The van der Waals surface area contributed by atoms with Crippen molar-refractivity contribution in [2.24, 2.45) is 0 Å². The third-order valence-corrected chi connectivity index (χ3v) is 3.17. The van der Waals surface area contributed by atoms with Crippen molar-refractivity contribution < 1.29 is 32.6 Å². The lowest BCUT2D eigenvalue weighted by atomic mass is 10.1. The molecule has 0 atom stereocenters. The fraction of sp³-hybridized carbons (Fsp3) is 0.125. The Labute approximate surface area is 134 Å². The van der Waals surface area contributed by atoms with Crippen LogP contribution in [0, 0.1) is 0 Å². The molecule has 0 saturated heterocycles. The SMILES string of the molecule is COc1cc(C(=O)O)ccc1NC(=O)c1ccccc1C(F)(F)F. The number of ether oxygens (including phenoxy) is 1. The Morgan fingerprint density at radius 1 is 1.12 bits per heavy atom. The number of rotatable bonds is 4. The maximum atomic E-state index is 13.0. The Bertz CT molecular complexity index is 787. The van der Waals surface area contributed by atoms with E-state index >= 15 is 0 Å². The minimum atomic E-state index is -4.68. The molecule has 0 saturated carbocycles. The molecule has 0 fully saturated rings. The second-order valence-corrected chi connectivity index (χ2v) is 4.72. The lowest BCUT2D eigenvalue weighted by Gasteiger charge is -2.14. The number of carboxylic acid groups (broad SMARTS) is 1. The van der Waals surface area contributed by atoms with Crippen molar-refractivity contribution in [3.8, 4) is 5.75 Å². The Morgan fingerprint density at radius 3 is 2.38 bits per heavy atom. The highest BCUT2D eigenvalue weighted by molar-refractivity contribution is 6.06. The van der Waals surface area contributed by atoms with E-state index in [4.69, 9.17) is 9.84 Å². The van der Waals surface area contributed by atoms with Gasteiger partial charge in [0.2, 0.25) is 0 Å². The molecule has 0 spiro atoms. The number of amides is 1. The van der Waals surface area contributed by atoms with E-state index in [1.54, 1.807) is 0 Å². The molecule has 0 radical (unpaired) electrons. The largest absolute Gasteiger partial charge is 0.495 e. The van der Waals surface area contributed by atoms with Gasteiger partial charge in [-0.15, -0.1) is 0 Å². The lowest BCUT2D eigenvalue weighted by molar-refractivity contribution is -0.137. The zero-order valence-electron chi connectivity index (χ0n) is 12.3. The Hall–Kier alpha value is -3.03. The van der Waals surface area contributed by atoms with Crippen LogP contribution in [0.25, 0.3) is 0 Å². The molecular weight excluding hydrogens is 327 g/mol. The number of halogens is 3. The summed E-state index contributed by atoms with van der Waals surface area (Å²) in [5, 5.41) is 11.2. The van der Waals surface area contributed by atoms with E-state index in [-0.39, 0.29) is 17.0 Å². The molecule has 0 bridgehead atoms. The highest BCUT2D eigenvalue weighted by atomic mass is 19.4. The molecule has 8 heteroatoms. The summed E-state index contributed by atoms with van der Waals surface area (Å²) in [5.74, 6) is -2.16. The van der Waals surface area contributed by atoms with E-state index in [9.17, 15) is 22.8 Å². The molecule has 0 aromatic heterocycles. The van der Waals surface area contributed by atoms with Gasteiger partial charge in [0.25, 0.3) is 5.91 Å². The Morgan fingerprint density at radius 2 is 1.79 bits per heavy atom. The van der Waals surface area contributed by atoms with Crippen LogP contribution in [0.2, 0.25) is 0 Å². The number of hydrogen-bond acceptors (Lipinski definition) is 3. The van der Waals surface area contributed by atoms with Crippen LogP contribution in [0.5, 0.6) is 5.75 Å². The first-order chi connectivity index (χ1) is 11.2. The van der Waals surface area contributed by atoms with E-state index in [2.05, 4.69) is 5.32 Å². The van der Waals surface area contributed by atoms with Crippen LogP contribution in [-0.2, 0) is 6.18 Å². The summed E-state index contributed by atoms with van der Waals surface area (Å²) in [6.45, 7) is 0. The third kappa shape index (κ3) is 3.65. The molecule has 2 aromatic rings. The van der Waals surface area contributed by atoms with Crippen LogP contribution in [0.15, 0.2) is 42.5 Å². The Balaban J connectivity index is 2.36. The average molecular weight is 339 g/mol. The smallest absolute Gasteiger partial charge is 0.417 e. The van der Waals surface area contributed by atoms with Gasteiger partial charge in [-0.05, 0) is 30.3 Å². The van der Waals surface area contributed by atoms with E-state index < -0.39 is 29.2 Å². The van der Waals surface area contributed by atoms with Crippen molar-refractivity contribution in [1.29, 1.82) is 0 Å². The number of benzene rings is 2. The van der Waals surface area contributed by atoms with Crippen molar-refractivity contribution >= 4 is 17.6 Å². The first-order valence-electron chi connectivity index (χ1n) is 6.63. The van der Waals surface area contributed by atoms with E-state index in [0.29, 0.717) is 0 Å². The quantitative estimate of drug-likeness (QED) is 0.891. The summed E-state index contributed by atoms with van der Waals surface area (Å²) < 4.78 is 43.9. The highest BCUT2D eigenvalue weighted by Crippen LogP contribution is 2.33. The van der Waals surface area contributed by atoms with Gasteiger partial charge in [-0.2, -0.15) is 13.2 Å². The van der Waals surface area contributed by atoms with Crippen molar-refractivity contribution in [3.05, 3.63) is 59.2 Å². The van der Waals surface area contributed by atoms with Crippen LogP contribution in [0.4, 0.5) is 18.9 Å². The van der Waals surface area contributed by atoms with Crippen molar-refractivity contribution in [2.75, 3.05) is 12.4 Å². The van der Waals surface area contributed by atoms with Crippen molar-refractivity contribution in [1.82, 2.24) is 0 Å². The highest BCUT2D eigenvalue weighted by Gasteiger charge is 2.34. The molecule has 0 aliphatic rings. The molecular formula is C16H12F3NO4. The number of methoxy groups -OCH3 is 1. The van der Waals surface area contributed by atoms with Crippen LogP contribution < -0.4 is 10.1 Å². The fourth-order valence-corrected chi connectivity index (χ4v) is 2.05. The summed E-state index contributed by atoms with van der Waals surface area (Å²) in [4.78, 5) is 23.1. The van der Waals surface area contributed by atoms with Crippen molar-refractivity contribution in [2.45, 2.75) is 6.18 Å². The summed E-state index contributed by atoms with van der Waals surface area (Å²) in [7, 11) is 1.25. The van der Waals surface area contributed by atoms with Gasteiger partial charge in [0.05, 0.1) is 29.5 Å². The first-order valence-corrected chi connectivity index (χ1v) is 6.63. The molecule has 0 aliphatic heterocycles. The number of anilines is 1. The number of carbonyl (C=O) groups is 2. The van der Waals surface area contributed by atoms with E-state index in [1.165, 1.54) is 31.4 Å². The van der Waals surface area contributed by atoms with Gasteiger partial charge >= 0.3 is 12.1 Å². The summed E-state index contributed by atoms with van der Waals surface area (Å²) >= 11 is 0. The predicted molar refractivity (Wildman–Crippen MR) is 79.4 cm³/mol. The number of aromatic carboxylic acids is 1. The second-order valence-electron chi connectivity index (χ2n) is 4.72. The minimum absolute atomic E-state index is 0.0211. The van der Waals surface area contributed by atoms with Crippen LogP contribution in [0.1, 0.15) is 26.3 Å². The van der Waals surface area contributed by atoms with Crippen molar-refractivity contribution in [3.63, 3.8) is 0 Å². The van der Waals surface area contributed by atoms with Gasteiger partial charge in [0.1, 0.15) is 5.75 Å². The zero-order valence-corrected chi connectivity index (χ0v) is 12.3. The van der Waals surface area contributed by atoms with Gasteiger partial charge in [-0.25, -0.2) is 4.79 Å². The maximum Gasteiger partial charge on any atom is 0.417 e. The predicted octanol–water partition coefficient (Wildman–Crippen LogP) is 3.66. The van der Waals surface area contributed by atoms with Crippen LogP contribution in [-0.4, -0.2) is 24.1 Å².